The summed E-state index contributed by atoms with van der Waals surface area (Å²) in [4.78, 5) is 23.1. The van der Waals surface area contributed by atoms with Gasteiger partial charge in [0.25, 0.3) is 0 Å². The fraction of sp³-hybridized carbons (Fsp3) is 0.200. The summed E-state index contributed by atoms with van der Waals surface area (Å²) in [6.45, 7) is 0. The highest BCUT2D eigenvalue weighted by Gasteiger charge is 2.12. The molecule has 0 saturated carbocycles. The van der Waals surface area contributed by atoms with Gasteiger partial charge in [-0.2, -0.15) is 0 Å². The summed E-state index contributed by atoms with van der Waals surface area (Å²) in [5.74, 6) is -0.923. The molecule has 28 heavy (non-hydrogen) atoms. The van der Waals surface area contributed by atoms with Crippen LogP contribution in [0.3, 0.4) is 0 Å². The Labute approximate surface area is 165 Å². The Morgan fingerprint density at radius 2 is 1.68 bits per heavy atom. The first-order valence-corrected chi connectivity index (χ1v) is 9.04. The molecule has 0 unspecified atom stereocenters. The molecule has 8 heteroatoms. The molecular weight excluding hydrogens is 387 g/mol. The van der Waals surface area contributed by atoms with E-state index >= 15 is 0 Å². The van der Waals surface area contributed by atoms with Crippen LogP contribution in [0.4, 0.5) is 4.39 Å². The molecule has 2 rings (SSSR count). The van der Waals surface area contributed by atoms with Gasteiger partial charge in [0.15, 0.2) is 17.3 Å². The number of aliphatic carboxylic acids is 1. The number of ether oxygens (including phenoxy) is 3. The van der Waals surface area contributed by atoms with Crippen LogP contribution in [0.1, 0.15) is 15.9 Å². The molecule has 6 nitrogen and oxygen atoms in total. The van der Waals surface area contributed by atoms with Crippen molar-refractivity contribution in [1.29, 1.82) is 0 Å². The van der Waals surface area contributed by atoms with E-state index in [0.717, 1.165) is 17.8 Å². The number of hydrogen-bond acceptors (Lipinski definition) is 6. The summed E-state index contributed by atoms with van der Waals surface area (Å²) >= 11 is 0.852. The van der Waals surface area contributed by atoms with Crippen molar-refractivity contribution in [3.05, 3.63) is 53.4 Å². The van der Waals surface area contributed by atoms with Crippen LogP contribution in [0.25, 0.3) is 6.08 Å². The number of hydrogen-bond donors (Lipinski definition) is 1. The van der Waals surface area contributed by atoms with E-state index in [9.17, 15) is 14.0 Å². The number of carbonyl (C=O) groups is 2. The average molecular weight is 406 g/mol. The Bertz CT molecular complexity index is 910. The van der Waals surface area contributed by atoms with Crippen LogP contribution in [-0.2, 0) is 4.79 Å². The van der Waals surface area contributed by atoms with E-state index in [1.807, 2.05) is 0 Å². The molecule has 0 saturated heterocycles. The first kappa shape index (κ1) is 21.3. The van der Waals surface area contributed by atoms with E-state index in [4.69, 9.17) is 19.3 Å². The lowest BCUT2D eigenvalue weighted by Gasteiger charge is -2.12. The Kier molecular flexibility index (Phi) is 7.45. The highest BCUT2D eigenvalue weighted by Crippen LogP contribution is 2.35. The summed E-state index contributed by atoms with van der Waals surface area (Å²) in [6.07, 6.45) is 2.83. The largest absolute Gasteiger partial charge is 0.496 e. The lowest BCUT2D eigenvalue weighted by atomic mass is 10.1. The topological polar surface area (TPSA) is 82.1 Å². The quantitative estimate of drug-likeness (QED) is 0.384. The Balaban J connectivity index is 2.23. The van der Waals surface area contributed by atoms with Gasteiger partial charge >= 0.3 is 5.97 Å². The van der Waals surface area contributed by atoms with Crippen LogP contribution in [0.2, 0.25) is 0 Å². The van der Waals surface area contributed by atoms with Gasteiger partial charge in [-0.05, 0) is 36.4 Å². The van der Waals surface area contributed by atoms with Gasteiger partial charge in [-0.25, -0.2) is 4.39 Å². The standard InChI is InChI=1S/C20H19FO6S/c1-25-16-10-18(27-3)17(26-2)9-13(16)4-6-15(22)12-5-7-19(14(21)8-12)28-11-20(23)24/h4-10H,11H2,1-3H3,(H,23,24)/b6-4+. The maximum Gasteiger partial charge on any atom is 0.313 e. The van der Waals surface area contributed by atoms with Gasteiger partial charge < -0.3 is 19.3 Å². The van der Waals surface area contributed by atoms with E-state index < -0.39 is 17.6 Å². The predicted molar refractivity (Wildman–Crippen MR) is 104 cm³/mol. The first-order valence-electron chi connectivity index (χ1n) is 8.06. The second kappa shape index (κ2) is 9.80. The van der Waals surface area contributed by atoms with Gasteiger partial charge in [0.2, 0.25) is 0 Å². The van der Waals surface area contributed by atoms with E-state index in [1.54, 1.807) is 12.1 Å². The number of halogens is 1. The number of ketones is 1. The molecule has 0 aliphatic rings. The molecule has 2 aromatic rings. The molecular formula is C20H19FO6S. The molecule has 0 bridgehead atoms. The van der Waals surface area contributed by atoms with E-state index in [2.05, 4.69) is 0 Å². The highest BCUT2D eigenvalue weighted by atomic mass is 32.2. The average Bonchev–Trinajstić information content (AvgIpc) is 2.70. The third-order valence-electron chi connectivity index (χ3n) is 3.72. The smallest absolute Gasteiger partial charge is 0.313 e. The molecule has 0 spiro atoms. The van der Waals surface area contributed by atoms with Crippen LogP contribution >= 0.6 is 11.8 Å². The fourth-order valence-corrected chi connectivity index (χ4v) is 3.00. The van der Waals surface area contributed by atoms with Crippen molar-refractivity contribution in [2.24, 2.45) is 0 Å². The van der Waals surface area contributed by atoms with E-state index in [-0.39, 0.29) is 16.2 Å². The Morgan fingerprint density at radius 1 is 1.04 bits per heavy atom. The summed E-state index contributed by atoms with van der Waals surface area (Å²) in [7, 11) is 4.49. The maximum absolute atomic E-state index is 14.1. The van der Waals surface area contributed by atoms with Crippen LogP contribution in [0, 0.1) is 5.82 Å². The zero-order valence-corrected chi connectivity index (χ0v) is 16.3. The second-order valence-corrected chi connectivity index (χ2v) is 6.49. The molecule has 0 amide bonds. The molecule has 2 aromatic carbocycles. The number of methoxy groups -OCH3 is 3. The predicted octanol–water partition coefficient (Wildman–Crippen LogP) is 3.92. The second-order valence-electron chi connectivity index (χ2n) is 5.47. The number of carboxylic acids is 1. The van der Waals surface area contributed by atoms with Crippen LogP contribution < -0.4 is 14.2 Å². The first-order chi connectivity index (χ1) is 13.4. The minimum Gasteiger partial charge on any atom is -0.496 e. The minimum absolute atomic E-state index is 0.146. The minimum atomic E-state index is -1.05. The van der Waals surface area contributed by atoms with Gasteiger partial charge in [0.05, 0.1) is 27.1 Å². The summed E-state index contributed by atoms with van der Waals surface area (Å²) in [6, 6.07) is 7.22. The lowest BCUT2D eigenvalue weighted by molar-refractivity contribution is -0.133. The number of benzene rings is 2. The van der Waals surface area contributed by atoms with E-state index in [1.165, 1.54) is 45.6 Å². The van der Waals surface area contributed by atoms with Crippen LogP contribution in [0.5, 0.6) is 17.2 Å². The van der Waals surface area contributed by atoms with Crippen molar-refractivity contribution in [3.63, 3.8) is 0 Å². The number of carboxylic acid groups (broad SMARTS) is 1. The lowest BCUT2D eigenvalue weighted by Crippen LogP contribution is -2.00. The third-order valence-corrected chi connectivity index (χ3v) is 4.75. The van der Waals surface area contributed by atoms with Gasteiger partial charge in [0, 0.05) is 22.1 Å². The van der Waals surface area contributed by atoms with Gasteiger partial charge in [0.1, 0.15) is 11.6 Å². The van der Waals surface area contributed by atoms with Gasteiger partial charge in [-0.3, -0.25) is 9.59 Å². The summed E-state index contributed by atoms with van der Waals surface area (Å²) in [5.41, 5.74) is 0.732. The monoisotopic (exact) mass is 406 g/mol. The molecule has 0 heterocycles. The summed E-state index contributed by atoms with van der Waals surface area (Å²) < 4.78 is 29.8. The molecule has 1 N–H and O–H groups in total. The zero-order valence-electron chi connectivity index (χ0n) is 15.5. The number of rotatable bonds is 9. The molecule has 0 atom stereocenters. The normalized spacial score (nSPS) is 10.7. The molecule has 0 radical (unpaired) electrons. The van der Waals surface area contributed by atoms with Crippen molar-refractivity contribution in [3.8, 4) is 17.2 Å². The van der Waals surface area contributed by atoms with Crippen molar-refractivity contribution in [1.82, 2.24) is 0 Å². The van der Waals surface area contributed by atoms with Crippen LogP contribution in [-0.4, -0.2) is 43.9 Å². The molecule has 0 aliphatic heterocycles. The van der Waals surface area contributed by atoms with Crippen molar-refractivity contribution < 1.29 is 33.3 Å². The zero-order chi connectivity index (χ0) is 20.7. The maximum atomic E-state index is 14.1. The molecule has 0 aliphatic carbocycles. The Hall–Kier alpha value is -3.00. The SMILES string of the molecule is COc1cc(OC)c(OC)cc1/C=C/C(=O)c1ccc(SCC(=O)O)c(F)c1. The van der Waals surface area contributed by atoms with Gasteiger partial charge in [-0.15, -0.1) is 11.8 Å². The van der Waals surface area contributed by atoms with Crippen LogP contribution in [0.15, 0.2) is 41.3 Å². The number of allylic oxidation sites excluding steroid dienone is 1. The van der Waals surface area contributed by atoms with Crippen molar-refractivity contribution >= 4 is 29.6 Å². The third kappa shape index (κ3) is 5.26. The van der Waals surface area contributed by atoms with Gasteiger partial charge in [-0.1, -0.05) is 0 Å². The molecule has 0 fully saturated rings. The Morgan fingerprint density at radius 3 is 2.25 bits per heavy atom. The molecule has 148 valence electrons. The fourth-order valence-electron chi connectivity index (χ4n) is 2.36. The number of thioether (sulfide) groups is 1. The van der Waals surface area contributed by atoms with E-state index in [0.29, 0.717) is 22.8 Å². The number of carbonyl (C=O) groups excluding carboxylic acids is 1. The summed E-state index contributed by atoms with van der Waals surface area (Å²) in [5, 5.41) is 8.67. The van der Waals surface area contributed by atoms with Crippen molar-refractivity contribution in [2.75, 3.05) is 27.1 Å². The van der Waals surface area contributed by atoms with Crippen molar-refractivity contribution in [2.45, 2.75) is 4.90 Å². The highest BCUT2D eigenvalue weighted by molar-refractivity contribution is 8.00. The molecule has 0 aromatic heterocycles.